The van der Waals surface area contributed by atoms with E-state index in [1.807, 2.05) is 37.4 Å². The highest BCUT2D eigenvalue weighted by atomic mass is 16.5. The molecule has 0 bridgehead atoms. The summed E-state index contributed by atoms with van der Waals surface area (Å²) in [6.45, 7) is 2.24. The second-order valence-electron chi connectivity index (χ2n) is 5.07. The third kappa shape index (κ3) is 3.13. The van der Waals surface area contributed by atoms with E-state index in [0.29, 0.717) is 19.4 Å². The second-order valence-corrected chi connectivity index (χ2v) is 5.07. The molecule has 0 unspecified atom stereocenters. The first-order valence-electron chi connectivity index (χ1n) is 6.96. The SMILES string of the molecule is Cc1cc(CNC(=O)CCc2c[nH]c3ccccc23)no1. The zero-order valence-electron chi connectivity index (χ0n) is 11.8. The van der Waals surface area contributed by atoms with Crippen LogP contribution >= 0.6 is 0 Å². The third-order valence-electron chi connectivity index (χ3n) is 3.44. The van der Waals surface area contributed by atoms with Crippen LogP contribution in [0, 0.1) is 6.92 Å². The first kappa shape index (κ1) is 13.4. The van der Waals surface area contributed by atoms with Crippen molar-refractivity contribution in [2.45, 2.75) is 26.3 Å². The van der Waals surface area contributed by atoms with Gasteiger partial charge in [0.25, 0.3) is 0 Å². The van der Waals surface area contributed by atoms with E-state index in [9.17, 15) is 4.79 Å². The van der Waals surface area contributed by atoms with Gasteiger partial charge in [-0.25, -0.2) is 0 Å². The van der Waals surface area contributed by atoms with E-state index in [1.165, 1.54) is 5.39 Å². The summed E-state index contributed by atoms with van der Waals surface area (Å²) in [6.07, 6.45) is 3.14. The molecule has 0 atom stereocenters. The Morgan fingerprint density at radius 3 is 3.05 bits per heavy atom. The number of carbonyl (C=O) groups excluding carboxylic acids is 1. The fourth-order valence-electron chi connectivity index (χ4n) is 2.37. The number of benzene rings is 1. The largest absolute Gasteiger partial charge is 0.361 e. The van der Waals surface area contributed by atoms with Crippen LogP contribution in [0.25, 0.3) is 10.9 Å². The van der Waals surface area contributed by atoms with Crippen molar-refractivity contribution in [2.24, 2.45) is 0 Å². The van der Waals surface area contributed by atoms with Gasteiger partial charge in [-0.2, -0.15) is 0 Å². The van der Waals surface area contributed by atoms with Gasteiger partial charge in [0.05, 0.1) is 6.54 Å². The van der Waals surface area contributed by atoms with Crippen LogP contribution in [0.4, 0.5) is 0 Å². The van der Waals surface area contributed by atoms with Crippen molar-refractivity contribution in [3.05, 3.63) is 53.5 Å². The van der Waals surface area contributed by atoms with Crippen molar-refractivity contribution in [2.75, 3.05) is 0 Å². The molecule has 5 heteroatoms. The van der Waals surface area contributed by atoms with Gasteiger partial charge in [-0.3, -0.25) is 4.79 Å². The Morgan fingerprint density at radius 1 is 1.38 bits per heavy atom. The average Bonchev–Trinajstić information content (AvgIpc) is 3.09. The standard InChI is InChI=1S/C16H17N3O2/c1-11-8-13(19-21-11)10-18-16(20)7-6-12-9-17-15-5-3-2-4-14(12)15/h2-5,8-9,17H,6-7,10H2,1H3,(H,18,20). The molecule has 1 aromatic carbocycles. The quantitative estimate of drug-likeness (QED) is 0.756. The molecule has 0 fully saturated rings. The minimum absolute atomic E-state index is 0.0148. The molecule has 0 radical (unpaired) electrons. The number of rotatable bonds is 5. The molecule has 0 saturated heterocycles. The maximum atomic E-state index is 11.9. The van der Waals surface area contributed by atoms with Gasteiger partial charge in [-0.1, -0.05) is 23.4 Å². The molecular formula is C16H17N3O2. The highest BCUT2D eigenvalue weighted by molar-refractivity contribution is 5.84. The van der Waals surface area contributed by atoms with Crippen molar-refractivity contribution in [1.29, 1.82) is 0 Å². The molecule has 0 aliphatic heterocycles. The number of nitrogens with zero attached hydrogens (tertiary/aromatic N) is 1. The Morgan fingerprint density at radius 2 is 2.24 bits per heavy atom. The molecule has 2 heterocycles. The number of H-pyrrole nitrogens is 1. The van der Waals surface area contributed by atoms with Gasteiger partial charge in [-0.15, -0.1) is 0 Å². The van der Waals surface area contributed by atoms with Crippen LogP contribution in [0.3, 0.4) is 0 Å². The highest BCUT2D eigenvalue weighted by Crippen LogP contribution is 2.18. The summed E-state index contributed by atoms with van der Waals surface area (Å²) in [4.78, 5) is 15.1. The van der Waals surface area contributed by atoms with Crippen LogP contribution in [-0.4, -0.2) is 16.0 Å². The van der Waals surface area contributed by atoms with Crippen molar-refractivity contribution >= 4 is 16.8 Å². The van der Waals surface area contributed by atoms with Crippen LogP contribution in [0.15, 0.2) is 41.1 Å². The van der Waals surface area contributed by atoms with E-state index in [1.54, 1.807) is 0 Å². The minimum Gasteiger partial charge on any atom is -0.361 e. The number of aromatic nitrogens is 2. The predicted molar refractivity (Wildman–Crippen MR) is 79.7 cm³/mol. The van der Waals surface area contributed by atoms with Crippen molar-refractivity contribution in [1.82, 2.24) is 15.5 Å². The number of aryl methyl sites for hydroxylation is 2. The molecule has 0 spiro atoms. The summed E-state index contributed by atoms with van der Waals surface area (Å²) < 4.78 is 4.96. The van der Waals surface area contributed by atoms with Crippen molar-refractivity contribution in [3.63, 3.8) is 0 Å². The highest BCUT2D eigenvalue weighted by Gasteiger charge is 2.07. The number of hydrogen-bond acceptors (Lipinski definition) is 3. The van der Waals surface area contributed by atoms with Gasteiger partial charge in [0.2, 0.25) is 5.91 Å². The predicted octanol–water partition coefficient (Wildman–Crippen LogP) is 2.71. The zero-order valence-corrected chi connectivity index (χ0v) is 11.8. The average molecular weight is 283 g/mol. The fourth-order valence-corrected chi connectivity index (χ4v) is 2.37. The van der Waals surface area contributed by atoms with E-state index in [0.717, 1.165) is 22.5 Å². The third-order valence-corrected chi connectivity index (χ3v) is 3.44. The molecule has 5 nitrogen and oxygen atoms in total. The molecule has 2 aromatic heterocycles. The Hall–Kier alpha value is -2.56. The summed E-state index contributed by atoms with van der Waals surface area (Å²) in [5, 5.41) is 7.87. The summed E-state index contributed by atoms with van der Waals surface area (Å²) >= 11 is 0. The van der Waals surface area contributed by atoms with Crippen LogP contribution in [-0.2, 0) is 17.8 Å². The minimum atomic E-state index is 0.0148. The van der Waals surface area contributed by atoms with Crippen molar-refractivity contribution in [3.8, 4) is 0 Å². The Bertz CT molecular complexity index is 758. The number of amides is 1. The Kier molecular flexibility index (Phi) is 3.73. The van der Waals surface area contributed by atoms with Gasteiger partial charge in [0.1, 0.15) is 11.5 Å². The molecule has 1 amide bonds. The number of nitrogens with one attached hydrogen (secondary N) is 2. The monoisotopic (exact) mass is 283 g/mol. The number of para-hydroxylation sites is 1. The molecule has 0 saturated carbocycles. The lowest BCUT2D eigenvalue weighted by Crippen LogP contribution is -2.23. The molecule has 3 rings (SSSR count). The molecular weight excluding hydrogens is 266 g/mol. The van der Waals surface area contributed by atoms with Gasteiger partial charge in [-0.05, 0) is 25.0 Å². The summed E-state index contributed by atoms with van der Waals surface area (Å²) in [7, 11) is 0. The van der Waals surface area contributed by atoms with Gasteiger partial charge in [0, 0.05) is 29.6 Å². The van der Waals surface area contributed by atoms with Crippen LogP contribution < -0.4 is 5.32 Å². The zero-order chi connectivity index (χ0) is 14.7. The lowest BCUT2D eigenvalue weighted by molar-refractivity contribution is -0.121. The van der Waals surface area contributed by atoms with Gasteiger partial charge >= 0.3 is 0 Å². The van der Waals surface area contributed by atoms with E-state index >= 15 is 0 Å². The van der Waals surface area contributed by atoms with E-state index in [-0.39, 0.29) is 5.91 Å². The summed E-state index contributed by atoms with van der Waals surface area (Å²) in [5.41, 5.74) is 3.01. The maximum absolute atomic E-state index is 11.9. The molecule has 0 aliphatic carbocycles. The van der Waals surface area contributed by atoms with Gasteiger partial charge < -0.3 is 14.8 Å². The maximum Gasteiger partial charge on any atom is 0.220 e. The molecule has 108 valence electrons. The lowest BCUT2D eigenvalue weighted by atomic mass is 10.1. The Balaban J connectivity index is 1.54. The molecule has 3 aromatic rings. The smallest absolute Gasteiger partial charge is 0.220 e. The molecule has 21 heavy (non-hydrogen) atoms. The van der Waals surface area contributed by atoms with Crippen LogP contribution in [0.2, 0.25) is 0 Å². The Labute approximate surface area is 122 Å². The van der Waals surface area contributed by atoms with Crippen LogP contribution in [0.1, 0.15) is 23.4 Å². The van der Waals surface area contributed by atoms with E-state index < -0.39 is 0 Å². The normalized spacial score (nSPS) is 10.9. The first-order chi connectivity index (χ1) is 10.2. The van der Waals surface area contributed by atoms with Crippen molar-refractivity contribution < 1.29 is 9.32 Å². The lowest BCUT2D eigenvalue weighted by Gasteiger charge is -2.02. The summed E-state index contributed by atoms with van der Waals surface area (Å²) in [6, 6.07) is 9.92. The van der Waals surface area contributed by atoms with Gasteiger partial charge in [0.15, 0.2) is 0 Å². The van der Waals surface area contributed by atoms with Crippen LogP contribution in [0.5, 0.6) is 0 Å². The number of aromatic amines is 1. The number of hydrogen-bond donors (Lipinski definition) is 2. The summed E-state index contributed by atoms with van der Waals surface area (Å²) in [5.74, 6) is 0.763. The second kappa shape index (κ2) is 5.83. The fraction of sp³-hybridized carbons (Fsp3) is 0.250. The first-order valence-corrected chi connectivity index (χ1v) is 6.96. The number of carbonyl (C=O) groups is 1. The van der Waals surface area contributed by atoms with E-state index in [2.05, 4.69) is 21.5 Å². The topological polar surface area (TPSA) is 70.9 Å². The van der Waals surface area contributed by atoms with E-state index in [4.69, 9.17) is 4.52 Å². The molecule has 2 N–H and O–H groups in total. The molecule has 0 aliphatic rings. The number of fused-ring (bicyclic) bond motifs is 1.